The molecule has 1 amide bonds. The molecule has 0 aliphatic carbocycles. The number of rotatable bonds is 8. The van der Waals surface area contributed by atoms with Crippen LogP contribution < -0.4 is 19.5 Å². The number of nitrogens with one attached hydrogen (secondary N) is 1. The Morgan fingerprint density at radius 1 is 0.882 bits per heavy atom. The van der Waals surface area contributed by atoms with E-state index in [-0.39, 0.29) is 52.0 Å². The van der Waals surface area contributed by atoms with Crippen LogP contribution in [0.1, 0.15) is 20.7 Å². The van der Waals surface area contributed by atoms with Crippen LogP contribution in [0.4, 0.5) is 5.69 Å². The number of amides is 1. The second kappa shape index (κ2) is 10.7. The fourth-order valence-electron chi connectivity index (χ4n) is 3.41. The number of benzene rings is 2. The van der Waals surface area contributed by atoms with Gasteiger partial charge in [-0.1, -0.05) is 0 Å². The molecule has 0 atom stereocenters. The van der Waals surface area contributed by atoms with E-state index in [1.807, 2.05) is 0 Å². The zero-order valence-electron chi connectivity index (χ0n) is 19.2. The van der Waals surface area contributed by atoms with E-state index in [4.69, 9.17) is 23.7 Å². The van der Waals surface area contributed by atoms with Crippen LogP contribution in [-0.4, -0.2) is 79.3 Å². The zero-order chi connectivity index (χ0) is 24.9. The van der Waals surface area contributed by atoms with Gasteiger partial charge in [-0.2, -0.15) is 4.31 Å². The number of esters is 1. The Balaban J connectivity index is 2.02. The lowest BCUT2D eigenvalue weighted by molar-refractivity contribution is 0.0601. The maximum absolute atomic E-state index is 13.2. The van der Waals surface area contributed by atoms with E-state index in [2.05, 4.69) is 5.32 Å². The minimum absolute atomic E-state index is 0.0181. The number of hydrogen-bond acceptors (Lipinski definition) is 9. The quantitative estimate of drug-likeness (QED) is 0.546. The topological polar surface area (TPSA) is 130 Å². The summed E-state index contributed by atoms with van der Waals surface area (Å²) in [6, 6.07) is 6.78. The number of carbonyl (C=O) groups is 2. The summed E-state index contributed by atoms with van der Waals surface area (Å²) in [7, 11) is 1.52. The van der Waals surface area contributed by atoms with Crippen molar-refractivity contribution in [1.82, 2.24) is 4.31 Å². The van der Waals surface area contributed by atoms with E-state index in [1.165, 1.54) is 63.1 Å². The standard InChI is InChI=1S/C22H26N2O9S/c1-29-18-6-5-14(34(27,28)24-7-9-33-10-8-24)11-16(18)21(25)23-17-13-20(31-3)19(30-2)12-15(17)22(26)32-4/h5-6,11-13H,7-10H2,1-4H3,(H,23,25). The van der Waals surface area contributed by atoms with Crippen LogP contribution in [0.5, 0.6) is 17.2 Å². The minimum atomic E-state index is -3.85. The highest BCUT2D eigenvalue weighted by molar-refractivity contribution is 7.89. The van der Waals surface area contributed by atoms with Gasteiger partial charge < -0.3 is 29.0 Å². The van der Waals surface area contributed by atoms with Crippen molar-refractivity contribution in [3.8, 4) is 17.2 Å². The molecule has 12 heteroatoms. The van der Waals surface area contributed by atoms with E-state index in [0.717, 1.165) is 0 Å². The molecule has 0 aromatic heterocycles. The molecule has 0 unspecified atom stereocenters. The Morgan fingerprint density at radius 2 is 1.50 bits per heavy atom. The maximum atomic E-state index is 13.2. The average molecular weight is 495 g/mol. The summed E-state index contributed by atoms with van der Waals surface area (Å²) >= 11 is 0. The first kappa shape index (κ1) is 25.3. The molecule has 0 bridgehead atoms. The van der Waals surface area contributed by atoms with Crippen molar-refractivity contribution in [3.63, 3.8) is 0 Å². The van der Waals surface area contributed by atoms with Gasteiger partial charge in [0.25, 0.3) is 5.91 Å². The summed E-state index contributed by atoms with van der Waals surface area (Å²) in [6.07, 6.45) is 0. The van der Waals surface area contributed by atoms with Crippen LogP contribution in [0.2, 0.25) is 0 Å². The van der Waals surface area contributed by atoms with E-state index in [9.17, 15) is 18.0 Å². The molecule has 1 aliphatic rings. The third-order valence-corrected chi connectivity index (χ3v) is 7.10. The lowest BCUT2D eigenvalue weighted by Gasteiger charge is -2.26. The molecule has 1 heterocycles. The van der Waals surface area contributed by atoms with Gasteiger partial charge in [-0.15, -0.1) is 0 Å². The van der Waals surface area contributed by atoms with Crippen LogP contribution in [0.3, 0.4) is 0 Å². The highest BCUT2D eigenvalue weighted by Gasteiger charge is 2.28. The first-order valence-corrected chi connectivity index (χ1v) is 11.6. The predicted molar refractivity (Wildman–Crippen MR) is 121 cm³/mol. The van der Waals surface area contributed by atoms with Crippen LogP contribution in [-0.2, 0) is 19.5 Å². The van der Waals surface area contributed by atoms with Gasteiger partial charge in [-0.05, 0) is 18.2 Å². The Labute approximate surface area is 197 Å². The fourth-order valence-corrected chi connectivity index (χ4v) is 4.85. The molecule has 1 saturated heterocycles. The normalized spacial score (nSPS) is 14.2. The Morgan fingerprint density at radius 3 is 2.09 bits per heavy atom. The molecular formula is C22H26N2O9S. The lowest BCUT2D eigenvalue weighted by atomic mass is 10.1. The van der Waals surface area contributed by atoms with Crippen molar-refractivity contribution in [2.45, 2.75) is 4.90 Å². The number of anilines is 1. The van der Waals surface area contributed by atoms with E-state index >= 15 is 0 Å². The molecular weight excluding hydrogens is 468 g/mol. The second-order valence-corrected chi connectivity index (χ2v) is 9.01. The number of ether oxygens (including phenoxy) is 5. The summed E-state index contributed by atoms with van der Waals surface area (Å²) in [5, 5.41) is 2.62. The smallest absolute Gasteiger partial charge is 0.340 e. The van der Waals surface area contributed by atoms with E-state index < -0.39 is 21.9 Å². The molecule has 184 valence electrons. The number of nitrogens with zero attached hydrogens (tertiary/aromatic N) is 1. The molecule has 11 nitrogen and oxygen atoms in total. The zero-order valence-corrected chi connectivity index (χ0v) is 20.1. The number of sulfonamides is 1. The number of carbonyl (C=O) groups excluding carboxylic acids is 2. The SMILES string of the molecule is COC(=O)c1cc(OC)c(OC)cc1NC(=O)c1cc(S(=O)(=O)N2CCOCC2)ccc1OC. The van der Waals surface area contributed by atoms with Crippen molar-refractivity contribution in [3.05, 3.63) is 41.5 Å². The highest BCUT2D eigenvalue weighted by Crippen LogP contribution is 2.34. The molecule has 1 aliphatic heterocycles. The van der Waals surface area contributed by atoms with E-state index in [0.29, 0.717) is 13.2 Å². The first-order chi connectivity index (χ1) is 16.3. The first-order valence-electron chi connectivity index (χ1n) is 10.2. The van der Waals surface area contributed by atoms with Gasteiger partial charge in [-0.25, -0.2) is 13.2 Å². The molecule has 0 spiro atoms. The monoisotopic (exact) mass is 494 g/mol. The Bertz CT molecular complexity index is 1180. The fraction of sp³-hybridized carbons (Fsp3) is 0.364. The number of methoxy groups -OCH3 is 4. The maximum Gasteiger partial charge on any atom is 0.340 e. The third kappa shape index (κ3) is 5.08. The summed E-state index contributed by atoms with van der Waals surface area (Å²) in [5.41, 5.74) is 0.0602. The molecule has 1 fully saturated rings. The average Bonchev–Trinajstić information content (AvgIpc) is 2.87. The number of hydrogen-bond donors (Lipinski definition) is 1. The predicted octanol–water partition coefficient (Wildman–Crippen LogP) is 1.77. The molecule has 2 aromatic carbocycles. The summed E-state index contributed by atoms with van der Waals surface area (Å²) < 4.78 is 53.2. The molecule has 1 N–H and O–H groups in total. The molecule has 0 saturated carbocycles. The van der Waals surface area contributed by atoms with Crippen molar-refractivity contribution >= 4 is 27.6 Å². The van der Waals surface area contributed by atoms with Crippen LogP contribution in [0, 0.1) is 0 Å². The van der Waals surface area contributed by atoms with Crippen molar-refractivity contribution in [2.75, 3.05) is 60.1 Å². The Kier molecular flexibility index (Phi) is 7.97. The van der Waals surface area contributed by atoms with Gasteiger partial charge in [0.15, 0.2) is 11.5 Å². The van der Waals surface area contributed by atoms with Crippen molar-refractivity contribution < 1.29 is 41.7 Å². The van der Waals surface area contributed by atoms with Gasteiger partial charge in [-0.3, -0.25) is 4.79 Å². The molecule has 0 radical (unpaired) electrons. The van der Waals surface area contributed by atoms with Crippen molar-refractivity contribution in [1.29, 1.82) is 0 Å². The van der Waals surface area contributed by atoms with Crippen LogP contribution in [0.15, 0.2) is 35.2 Å². The third-order valence-electron chi connectivity index (χ3n) is 5.20. The van der Waals surface area contributed by atoms with Gasteiger partial charge >= 0.3 is 5.97 Å². The van der Waals surface area contributed by atoms with Gasteiger partial charge in [0, 0.05) is 25.2 Å². The summed E-state index contributed by atoms with van der Waals surface area (Å²) in [5.74, 6) is -0.739. The highest BCUT2D eigenvalue weighted by atomic mass is 32.2. The summed E-state index contributed by atoms with van der Waals surface area (Å²) in [4.78, 5) is 25.5. The Hall–Kier alpha value is -3.35. The molecule has 3 rings (SSSR count). The van der Waals surface area contributed by atoms with Gasteiger partial charge in [0.2, 0.25) is 10.0 Å². The lowest BCUT2D eigenvalue weighted by Crippen LogP contribution is -2.40. The molecule has 34 heavy (non-hydrogen) atoms. The molecule has 2 aromatic rings. The van der Waals surface area contributed by atoms with Gasteiger partial charge in [0.05, 0.1) is 63.4 Å². The summed E-state index contributed by atoms with van der Waals surface area (Å²) in [6.45, 7) is 1.00. The number of morpholine rings is 1. The van der Waals surface area contributed by atoms with Crippen LogP contribution in [0.25, 0.3) is 0 Å². The van der Waals surface area contributed by atoms with Crippen LogP contribution >= 0.6 is 0 Å². The largest absolute Gasteiger partial charge is 0.496 e. The van der Waals surface area contributed by atoms with Crippen molar-refractivity contribution in [2.24, 2.45) is 0 Å². The van der Waals surface area contributed by atoms with E-state index in [1.54, 1.807) is 0 Å². The minimum Gasteiger partial charge on any atom is -0.496 e. The van der Waals surface area contributed by atoms with Gasteiger partial charge in [0.1, 0.15) is 5.75 Å². The second-order valence-electron chi connectivity index (χ2n) is 7.08.